The van der Waals surface area contributed by atoms with E-state index in [2.05, 4.69) is 40.8 Å². The summed E-state index contributed by atoms with van der Waals surface area (Å²) < 4.78 is 7.30. The summed E-state index contributed by atoms with van der Waals surface area (Å²) in [7, 11) is 1.72. The van der Waals surface area contributed by atoms with Gasteiger partial charge in [0, 0.05) is 26.7 Å². The molecule has 0 radical (unpaired) electrons. The molecule has 0 atom stereocenters. The van der Waals surface area contributed by atoms with Crippen molar-refractivity contribution in [3.8, 4) is 0 Å². The van der Waals surface area contributed by atoms with Crippen molar-refractivity contribution in [2.24, 2.45) is 0 Å². The summed E-state index contributed by atoms with van der Waals surface area (Å²) >= 11 is 1.75. The molecular formula is C18H33N4OS+. The Morgan fingerprint density at radius 1 is 1.25 bits per heavy atom. The topological polar surface area (TPSA) is 64.9 Å². The third kappa shape index (κ3) is 7.36. The Morgan fingerprint density at radius 2 is 1.88 bits per heavy atom. The highest BCUT2D eigenvalue weighted by Gasteiger charge is 2.17. The van der Waals surface area contributed by atoms with E-state index in [1.54, 1.807) is 24.6 Å². The zero-order valence-corrected chi connectivity index (χ0v) is 17.0. The van der Waals surface area contributed by atoms with Crippen LogP contribution in [0.15, 0.2) is 11.7 Å². The van der Waals surface area contributed by atoms with Gasteiger partial charge in [-0.2, -0.15) is 4.57 Å². The maximum Gasteiger partial charge on any atom is 0.225 e. The predicted octanol–water partition coefficient (Wildman–Crippen LogP) is 3.70. The largest absolute Gasteiger partial charge is 0.384 e. The second-order valence-electron chi connectivity index (χ2n) is 5.14. The van der Waals surface area contributed by atoms with Gasteiger partial charge in [0.2, 0.25) is 5.51 Å². The molecule has 2 aromatic heterocycles. The number of hydrogen-bond donors (Lipinski definition) is 1. The number of rotatable bonds is 5. The monoisotopic (exact) mass is 353 g/mol. The molecule has 6 heteroatoms. The highest BCUT2D eigenvalue weighted by atomic mass is 32.1. The van der Waals surface area contributed by atoms with Gasteiger partial charge in [-0.1, -0.05) is 45.5 Å². The van der Waals surface area contributed by atoms with Crippen LogP contribution in [-0.4, -0.2) is 23.7 Å². The van der Waals surface area contributed by atoms with Crippen LogP contribution >= 0.6 is 11.3 Å². The molecule has 2 N–H and O–H groups in total. The quantitative estimate of drug-likeness (QED) is 0.832. The molecule has 0 saturated carbocycles. The van der Waals surface area contributed by atoms with Crippen LogP contribution in [0.3, 0.4) is 0 Å². The van der Waals surface area contributed by atoms with Gasteiger partial charge in [0.05, 0.1) is 17.0 Å². The van der Waals surface area contributed by atoms with Crippen LogP contribution in [0, 0.1) is 13.8 Å². The number of methoxy groups -OCH3 is 1. The molecule has 136 valence electrons. The average molecular weight is 354 g/mol. The molecule has 0 amide bonds. The fraction of sp³-hybridized carbons (Fsp3) is 0.611. The fourth-order valence-corrected chi connectivity index (χ4v) is 2.84. The summed E-state index contributed by atoms with van der Waals surface area (Å²) in [5, 5.41) is 0. The molecule has 5 nitrogen and oxygen atoms in total. The molecule has 2 rings (SSSR count). The molecule has 2 aromatic rings. The van der Waals surface area contributed by atoms with Crippen LogP contribution in [0.5, 0.6) is 0 Å². The molecule has 24 heavy (non-hydrogen) atoms. The lowest BCUT2D eigenvalue weighted by atomic mass is 10.2. The van der Waals surface area contributed by atoms with Crippen molar-refractivity contribution in [1.29, 1.82) is 0 Å². The van der Waals surface area contributed by atoms with Crippen molar-refractivity contribution < 1.29 is 9.30 Å². The zero-order valence-electron chi connectivity index (χ0n) is 16.2. The van der Waals surface area contributed by atoms with Crippen molar-refractivity contribution in [1.82, 2.24) is 9.97 Å². The molecule has 0 aliphatic heterocycles. The van der Waals surface area contributed by atoms with Crippen LogP contribution < -0.4 is 10.3 Å². The van der Waals surface area contributed by atoms with Crippen LogP contribution in [0.2, 0.25) is 0 Å². The molecule has 0 saturated heterocycles. The highest BCUT2D eigenvalue weighted by Crippen LogP contribution is 2.14. The number of nitrogens with two attached hydrogens (primary N) is 1. The number of aryl methyl sites for hydroxylation is 1. The second-order valence-corrected chi connectivity index (χ2v) is 6.08. The Hall–Kier alpha value is -1.53. The Labute approximate surface area is 150 Å². The van der Waals surface area contributed by atoms with Crippen molar-refractivity contribution in [3.05, 3.63) is 33.7 Å². The Kier molecular flexibility index (Phi) is 12.0. The van der Waals surface area contributed by atoms with Gasteiger partial charge in [-0.05, 0) is 6.92 Å². The van der Waals surface area contributed by atoms with Crippen molar-refractivity contribution >= 4 is 17.2 Å². The van der Waals surface area contributed by atoms with E-state index in [0.717, 1.165) is 18.6 Å². The van der Waals surface area contributed by atoms with Gasteiger partial charge in [0.1, 0.15) is 11.6 Å². The molecule has 0 spiro atoms. The number of aromatic nitrogens is 3. The normalized spacial score (nSPS) is 9.62. The third-order valence-electron chi connectivity index (χ3n) is 3.05. The zero-order chi connectivity index (χ0) is 18.5. The third-order valence-corrected chi connectivity index (χ3v) is 4.19. The molecule has 0 aromatic carbocycles. The van der Waals surface area contributed by atoms with Gasteiger partial charge >= 0.3 is 0 Å². The number of thiazole rings is 1. The van der Waals surface area contributed by atoms with Gasteiger partial charge in [0.25, 0.3) is 0 Å². The summed E-state index contributed by atoms with van der Waals surface area (Å²) in [4.78, 5) is 9.73. The van der Waals surface area contributed by atoms with Crippen LogP contribution in [-0.2, 0) is 17.7 Å². The molecule has 2 heterocycles. The van der Waals surface area contributed by atoms with Gasteiger partial charge in [-0.25, -0.2) is 9.97 Å². The Morgan fingerprint density at radius 3 is 2.42 bits per heavy atom. The highest BCUT2D eigenvalue weighted by molar-refractivity contribution is 7.09. The molecule has 0 aliphatic carbocycles. The average Bonchev–Trinajstić information content (AvgIpc) is 2.91. The maximum atomic E-state index is 5.93. The summed E-state index contributed by atoms with van der Waals surface area (Å²) in [6, 6.07) is 0. The second kappa shape index (κ2) is 12.8. The number of nitrogen functional groups attached to an aromatic ring is 1. The molecule has 0 fully saturated rings. The molecule has 0 aliphatic rings. The fourth-order valence-electron chi connectivity index (χ4n) is 1.86. The Bertz CT molecular complexity index is 584. The lowest BCUT2D eigenvalue weighted by Gasteiger charge is -2.02. The first kappa shape index (κ1) is 22.5. The summed E-state index contributed by atoms with van der Waals surface area (Å²) in [6.45, 7) is 13.7. The number of anilines is 1. The number of ether oxygens (including phenoxy) is 1. The number of hydrogen-bond acceptors (Lipinski definition) is 5. The standard InChI is InChI=1S/C13H19N4OS.C3H8.C2H6/c1-9-12(4-5-18-3)19-8-17(9)7-11-6-15-10(2)16-13(11)14;1-3-2;1-2/h6,8H,4-5,7H2,1-3H3,(H2,14,15,16);3H2,1-2H3;1-2H3/q+1;;. The van der Waals surface area contributed by atoms with Crippen molar-refractivity contribution in [2.45, 2.75) is 60.9 Å². The summed E-state index contributed by atoms with van der Waals surface area (Å²) in [5.74, 6) is 1.26. The number of nitrogens with zero attached hydrogens (tertiary/aromatic N) is 3. The van der Waals surface area contributed by atoms with Crippen molar-refractivity contribution in [2.75, 3.05) is 19.5 Å². The van der Waals surface area contributed by atoms with Crippen LogP contribution in [0.25, 0.3) is 0 Å². The maximum absolute atomic E-state index is 5.93. The minimum atomic E-state index is 0.559. The van der Waals surface area contributed by atoms with Crippen LogP contribution in [0.4, 0.5) is 5.82 Å². The molecular weight excluding hydrogens is 320 g/mol. The van der Waals surface area contributed by atoms with E-state index in [4.69, 9.17) is 10.5 Å². The summed E-state index contributed by atoms with van der Waals surface area (Å²) in [6.07, 6.45) is 4.00. The van der Waals surface area contributed by atoms with E-state index in [0.29, 0.717) is 18.2 Å². The van der Waals surface area contributed by atoms with E-state index in [-0.39, 0.29) is 0 Å². The van der Waals surface area contributed by atoms with Gasteiger partial charge < -0.3 is 10.5 Å². The van der Waals surface area contributed by atoms with Gasteiger partial charge in [0.15, 0.2) is 12.2 Å². The van der Waals surface area contributed by atoms with Gasteiger partial charge in [-0.3, -0.25) is 0 Å². The first-order valence-electron chi connectivity index (χ1n) is 8.56. The molecule has 0 unspecified atom stereocenters. The van der Waals surface area contributed by atoms with Crippen molar-refractivity contribution in [3.63, 3.8) is 0 Å². The predicted molar refractivity (Wildman–Crippen MR) is 102 cm³/mol. The minimum Gasteiger partial charge on any atom is -0.384 e. The lowest BCUT2D eigenvalue weighted by molar-refractivity contribution is -0.689. The van der Waals surface area contributed by atoms with E-state index in [1.807, 2.05) is 20.8 Å². The van der Waals surface area contributed by atoms with Crippen LogP contribution in [0.1, 0.15) is 56.1 Å². The van der Waals surface area contributed by atoms with E-state index in [9.17, 15) is 0 Å². The SMILES string of the molecule is CC.CCC.COCCc1sc[n+](Cc2cnc(C)nc2N)c1C. The first-order valence-corrected chi connectivity index (χ1v) is 9.44. The van der Waals surface area contributed by atoms with E-state index < -0.39 is 0 Å². The van der Waals surface area contributed by atoms with Gasteiger partial charge in [-0.15, -0.1) is 0 Å². The summed E-state index contributed by atoms with van der Waals surface area (Å²) in [5.41, 5.74) is 10.2. The molecule has 0 bridgehead atoms. The minimum absolute atomic E-state index is 0.559. The van der Waals surface area contributed by atoms with E-state index in [1.165, 1.54) is 17.0 Å². The lowest BCUT2D eigenvalue weighted by Crippen LogP contribution is -2.35. The first-order chi connectivity index (χ1) is 11.5. The van der Waals surface area contributed by atoms with E-state index >= 15 is 0 Å². The Balaban J connectivity index is 0.000000952. The smallest absolute Gasteiger partial charge is 0.225 e.